The van der Waals surface area contributed by atoms with E-state index in [0.717, 1.165) is 67.1 Å². The zero-order valence-electron chi connectivity index (χ0n) is 40.5. The molecule has 0 N–H and O–H groups in total. The van der Waals surface area contributed by atoms with Crippen LogP contribution in [0.5, 0.6) is 0 Å². The molecule has 350 valence electrons. The van der Waals surface area contributed by atoms with Gasteiger partial charge in [0, 0.05) is 99.7 Å². The minimum Gasteiger partial charge on any atom is -0.331 e. The summed E-state index contributed by atoms with van der Waals surface area (Å²) in [7, 11) is 1.96. The number of fused-ring (bicyclic) bond motifs is 3. The molecule has 0 amide bonds. The second kappa shape index (κ2) is 18.8. The Morgan fingerprint density at radius 2 is 1.10 bits per heavy atom. The summed E-state index contributed by atoms with van der Waals surface area (Å²) in [6.07, 6.45) is 6.27. The van der Waals surface area contributed by atoms with Gasteiger partial charge in [-0.15, -0.1) is 11.3 Å². The van der Waals surface area contributed by atoms with Crippen LogP contribution in [0.15, 0.2) is 134 Å². The van der Waals surface area contributed by atoms with Gasteiger partial charge >= 0.3 is 0 Å². The highest BCUT2D eigenvalue weighted by molar-refractivity contribution is 7.18. The number of allylic oxidation sites excluding steroid dienone is 12. The minimum absolute atomic E-state index is 0.0561. The van der Waals surface area contributed by atoms with E-state index in [2.05, 4.69) is 6.07 Å². The zero-order chi connectivity index (χ0) is 49.0. The van der Waals surface area contributed by atoms with Crippen molar-refractivity contribution in [2.24, 2.45) is 7.05 Å². The topological polar surface area (TPSA) is 151 Å². The molecule has 0 fully saturated rings. The third-order valence-corrected chi connectivity index (χ3v) is 15.8. The molecule has 3 aromatic carbocycles. The molecular formula is C57H55N5O6S. The molecule has 0 saturated heterocycles. The third kappa shape index (κ3) is 8.60. The largest absolute Gasteiger partial charge is 0.331 e. The van der Waals surface area contributed by atoms with Crippen molar-refractivity contribution in [1.82, 2.24) is 24.1 Å². The molecule has 0 unspecified atom stereocenters. The maximum absolute atomic E-state index is 14.3. The quantitative estimate of drug-likeness (QED) is 0.0917. The number of imidazole rings is 2. The molecule has 12 heteroatoms. The average molecular weight is 938 g/mol. The lowest BCUT2D eigenvalue weighted by molar-refractivity contribution is -0.116. The highest BCUT2D eigenvalue weighted by Gasteiger charge is 2.33. The van der Waals surface area contributed by atoms with Crippen molar-refractivity contribution in [3.8, 4) is 0 Å². The summed E-state index contributed by atoms with van der Waals surface area (Å²) in [4.78, 5) is 95.8. The Hall–Kier alpha value is -7.05. The summed E-state index contributed by atoms with van der Waals surface area (Å²) in [6.45, 7) is 12.6. The van der Waals surface area contributed by atoms with Crippen molar-refractivity contribution >= 4 is 78.3 Å². The Balaban J connectivity index is 0.838. The molecule has 0 spiro atoms. The van der Waals surface area contributed by atoms with Crippen molar-refractivity contribution in [1.29, 1.82) is 0 Å². The Morgan fingerprint density at radius 1 is 0.507 bits per heavy atom. The van der Waals surface area contributed by atoms with Crippen molar-refractivity contribution in [3.63, 3.8) is 0 Å². The van der Waals surface area contributed by atoms with Gasteiger partial charge in [0.05, 0.1) is 43.6 Å². The fourth-order valence-corrected chi connectivity index (χ4v) is 11.2. The molecule has 0 aliphatic heterocycles. The summed E-state index contributed by atoms with van der Waals surface area (Å²) in [5.41, 5.74) is 12.0. The summed E-state index contributed by atoms with van der Waals surface area (Å²) >= 11 is 1.67. The van der Waals surface area contributed by atoms with E-state index in [1.54, 1.807) is 66.1 Å². The lowest BCUT2D eigenvalue weighted by Crippen LogP contribution is -2.23. The number of para-hydroxylation sites is 2. The SMILES string of the molecule is CC1=C(C)C(=O)C(CCn2cnc3c(CC4=C(C)C(=O)C(C)=C(CCCc5nc6ccc(CC7=C(C)C(=O)C(CCCc8nc9ccccc9s8)=C(C)C7=O)cc6n5C)C4=O)cccc32)=C(C)C1=O. The second-order valence-electron chi connectivity index (χ2n) is 18.8. The number of carbonyl (C=O) groups excluding carboxylic acids is 6. The number of aryl methyl sites for hydroxylation is 4. The number of aromatic nitrogens is 5. The van der Waals surface area contributed by atoms with E-state index in [-0.39, 0.29) is 41.1 Å². The number of nitrogens with zero attached hydrogens (tertiary/aromatic N) is 5. The van der Waals surface area contributed by atoms with Crippen LogP contribution in [0.4, 0.5) is 0 Å². The van der Waals surface area contributed by atoms with Crippen LogP contribution in [0.2, 0.25) is 0 Å². The summed E-state index contributed by atoms with van der Waals surface area (Å²) < 4.78 is 5.15. The van der Waals surface area contributed by atoms with Gasteiger partial charge in [0.15, 0.2) is 34.7 Å². The number of hydrogen-bond donors (Lipinski definition) is 0. The first-order chi connectivity index (χ1) is 33.0. The molecule has 0 radical (unpaired) electrons. The van der Waals surface area contributed by atoms with E-state index < -0.39 is 0 Å². The van der Waals surface area contributed by atoms with Crippen LogP contribution in [-0.4, -0.2) is 58.8 Å². The van der Waals surface area contributed by atoms with Crippen molar-refractivity contribution < 1.29 is 28.8 Å². The van der Waals surface area contributed by atoms with Gasteiger partial charge in [-0.3, -0.25) is 28.8 Å². The Kier molecular flexibility index (Phi) is 12.8. The highest BCUT2D eigenvalue weighted by Crippen LogP contribution is 2.34. The molecule has 69 heavy (non-hydrogen) atoms. The maximum atomic E-state index is 14.3. The van der Waals surface area contributed by atoms with Crippen LogP contribution in [-0.2, 0) is 68.0 Å². The number of hydrogen-bond acceptors (Lipinski definition) is 10. The third-order valence-electron chi connectivity index (χ3n) is 14.7. The van der Waals surface area contributed by atoms with Gasteiger partial charge < -0.3 is 9.13 Å². The number of thiazole rings is 1. The van der Waals surface area contributed by atoms with E-state index in [4.69, 9.17) is 15.0 Å². The Labute approximate surface area is 405 Å². The fourth-order valence-electron chi connectivity index (χ4n) is 10.2. The molecular weight excluding hydrogens is 883 g/mol. The van der Waals surface area contributed by atoms with E-state index >= 15 is 0 Å². The van der Waals surface area contributed by atoms with Crippen molar-refractivity contribution in [2.45, 2.75) is 113 Å². The monoisotopic (exact) mass is 937 g/mol. The molecule has 0 atom stereocenters. The first kappa shape index (κ1) is 47.0. The van der Waals surface area contributed by atoms with Crippen LogP contribution >= 0.6 is 11.3 Å². The number of carbonyl (C=O) groups is 6. The normalized spacial score (nSPS) is 16.5. The van der Waals surface area contributed by atoms with Gasteiger partial charge in [0.1, 0.15) is 5.82 Å². The standard InChI is InChI=1S/C57H55N5O6S/c1-30-31(2)54(65)41(33(4)52(30)63)24-25-62-29-58-51-38(14-11-18-46(51)62)28-43-35(6)53(64)32(3)40(57(43)68)15-12-20-49-59-44-23-22-37(27-47(44)61(49)8)26-42-36(7)55(66)39(34(5)56(42)67)16-13-21-50-60-45-17-9-10-19-48(45)69-50/h9-11,14,17-19,22-23,27,29H,12-13,15-16,20-21,24-26,28H2,1-8H3. The predicted octanol–water partition coefficient (Wildman–Crippen LogP) is 10.4. The van der Waals surface area contributed by atoms with E-state index in [1.165, 1.54) is 0 Å². The maximum Gasteiger partial charge on any atom is 0.186 e. The van der Waals surface area contributed by atoms with E-state index in [0.29, 0.717) is 112 Å². The summed E-state index contributed by atoms with van der Waals surface area (Å²) in [5.74, 6) is 0.260. The predicted molar refractivity (Wildman–Crippen MR) is 270 cm³/mol. The summed E-state index contributed by atoms with van der Waals surface area (Å²) in [6, 6.07) is 19.8. The number of Topliss-reactive ketones (excluding diaryl/α,β-unsaturated/α-hetero) is 6. The first-order valence-corrected chi connectivity index (χ1v) is 24.5. The highest BCUT2D eigenvalue weighted by atomic mass is 32.1. The van der Waals surface area contributed by atoms with Gasteiger partial charge in [0.2, 0.25) is 0 Å². The Bertz CT molecular complexity index is 3450. The second-order valence-corrected chi connectivity index (χ2v) is 19.9. The van der Waals surface area contributed by atoms with Gasteiger partial charge in [-0.05, 0) is 128 Å². The lowest BCUT2D eigenvalue weighted by atomic mass is 9.81. The number of rotatable bonds is 15. The summed E-state index contributed by atoms with van der Waals surface area (Å²) in [5, 5.41) is 1.03. The smallest absolute Gasteiger partial charge is 0.186 e. The fraction of sp³-hybridized carbons (Fsp3) is 0.316. The van der Waals surface area contributed by atoms with Gasteiger partial charge in [-0.25, -0.2) is 15.0 Å². The number of ketones is 6. The van der Waals surface area contributed by atoms with Crippen LogP contribution in [0, 0.1) is 0 Å². The number of benzene rings is 3. The van der Waals surface area contributed by atoms with Gasteiger partial charge in [0.25, 0.3) is 0 Å². The van der Waals surface area contributed by atoms with Crippen molar-refractivity contribution in [3.05, 3.63) is 156 Å². The van der Waals surface area contributed by atoms with E-state index in [9.17, 15) is 28.8 Å². The lowest BCUT2D eigenvalue weighted by Gasteiger charge is -2.21. The van der Waals surface area contributed by atoms with Crippen molar-refractivity contribution in [2.75, 3.05) is 0 Å². The van der Waals surface area contributed by atoms with Crippen LogP contribution in [0.3, 0.4) is 0 Å². The first-order valence-electron chi connectivity index (χ1n) is 23.7. The van der Waals surface area contributed by atoms with E-state index in [1.807, 2.05) is 70.8 Å². The molecule has 9 rings (SSSR count). The van der Waals surface area contributed by atoms with Crippen LogP contribution in [0.25, 0.3) is 32.3 Å². The molecule has 3 aliphatic carbocycles. The molecule has 0 saturated carbocycles. The molecule has 3 aliphatic rings. The van der Waals surface area contributed by atoms with Gasteiger partial charge in [-0.2, -0.15) is 0 Å². The molecule has 11 nitrogen and oxygen atoms in total. The molecule has 0 bridgehead atoms. The molecule has 6 aromatic rings. The van der Waals surface area contributed by atoms with Crippen LogP contribution in [0.1, 0.15) is 103 Å². The average Bonchev–Trinajstić information content (AvgIpc) is 4.06. The zero-order valence-corrected chi connectivity index (χ0v) is 41.3. The molecule has 3 heterocycles. The van der Waals surface area contributed by atoms with Crippen LogP contribution < -0.4 is 0 Å². The van der Waals surface area contributed by atoms with Gasteiger partial charge in [-0.1, -0.05) is 30.3 Å². The minimum atomic E-state index is -0.131. The Morgan fingerprint density at radius 3 is 1.86 bits per heavy atom. The molecule has 3 aromatic heterocycles.